The number of hydrogen-bond acceptors (Lipinski definition) is 4. The Bertz CT molecular complexity index is 267. The first-order valence-electron chi connectivity index (χ1n) is 6.56. The van der Waals surface area contributed by atoms with Crippen molar-refractivity contribution < 1.29 is 13.6 Å². The van der Waals surface area contributed by atoms with Crippen LogP contribution in [-0.4, -0.2) is 31.5 Å². The molecule has 0 spiro atoms. The largest absolute Gasteiger partial charge is 0.331 e. The molecule has 1 rings (SSSR count). The quantitative estimate of drug-likeness (QED) is 0.650. The van der Waals surface area contributed by atoms with E-state index in [0.717, 1.165) is 5.92 Å². The Morgan fingerprint density at radius 2 is 1.76 bits per heavy atom. The lowest BCUT2D eigenvalue weighted by Gasteiger charge is -2.27. The Labute approximate surface area is 105 Å². The zero-order valence-corrected chi connectivity index (χ0v) is 12.4. The number of hydrogen-bond donors (Lipinski definition) is 1. The monoisotopic (exact) mass is 263 g/mol. The molecule has 0 bridgehead atoms. The van der Waals surface area contributed by atoms with E-state index in [1.807, 2.05) is 13.8 Å². The second-order valence-electron chi connectivity index (χ2n) is 5.09. The van der Waals surface area contributed by atoms with Gasteiger partial charge in [-0.25, -0.2) is 0 Å². The maximum Gasteiger partial charge on any atom is 0.331 e. The zero-order chi connectivity index (χ0) is 12.9. The Balaban J connectivity index is 2.33. The molecule has 1 aliphatic rings. The van der Waals surface area contributed by atoms with Crippen LogP contribution in [-0.2, 0) is 13.6 Å². The summed E-state index contributed by atoms with van der Waals surface area (Å²) >= 11 is 0. The zero-order valence-electron chi connectivity index (χ0n) is 11.5. The molecule has 1 N–H and O–H groups in total. The SMILES string of the molecule is CCOP(=O)(CCNC(C)(C)C1CC1)OCC. The van der Waals surface area contributed by atoms with E-state index in [9.17, 15) is 4.57 Å². The molecule has 1 fully saturated rings. The summed E-state index contributed by atoms with van der Waals surface area (Å²) < 4.78 is 22.7. The van der Waals surface area contributed by atoms with Gasteiger partial charge in [-0.3, -0.25) is 4.57 Å². The first-order valence-corrected chi connectivity index (χ1v) is 8.29. The van der Waals surface area contributed by atoms with Gasteiger partial charge in [0.1, 0.15) is 0 Å². The molecule has 102 valence electrons. The van der Waals surface area contributed by atoms with Crippen molar-refractivity contribution in [1.29, 1.82) is 0 Å². The molecule has 1 saturated carbocycles. The summed E-state index contributed by atoms with van der Waals surface area (Å²) in [5.74, 6) is 0.765. The summed E-state index contributed by atoms with van der Waals surface area (Å²) in [4.78, 5) is 0. The highest BCUT2D eigenvalue weighted by molar-refractivity contribution is 7.53. The van der Waals surface area contributed by atoms with Crippen molar-refractivity contribution in [2.75, 3.05) is 25.9 Å². The minimum absolute atomic E-state index is 0.142. The van der Waals surface area contributed by atoms with Gasteiger partial charge in [-0.05, 0) is 46.5 Å². The van der Waals surface area contributed by atoms with E-state index in [1.165, 1.54) is 12.8 Å². The van der Waals surface area contributed by atoms with Crippen LogP contribution in [0, 0.1) is 5.92 Å². The fraction of sp³-hybridized carbons (Fsp3) is 1.00. The lowest BCUT2D eigenvalue weighted by molar-refractivity contribution is 0.218. The Kier molecular flexibility index (Phi) is 5.65. The normalized spacial score (nSPS) is 17.4. The standard InChI is InChI=1S/C12H26NO3P/c1-5-15-17(14,16-6-2)10-9-13-12(3,4)11-7-8-11/h11,13H,5-10H2,1-4H3. The summed E-state index contributed by atoms with van der Waals surface area (Å²) in [6.45, 7) is 9.64. The van der Waals surface area contributed by atoms with Crippen LogP contribution in [0.25, 0.3) is 0 Å². The highest BCUT2D eigenvalue weighted by Crippen LogP contribution is 2.47. The van der Waals surface area contributed by atoms with E-state index < -0.39 is 7.60 Å². The maximum absolute atomic E-state index is 12.2. The van der Waals surface area contributed by atoms with Crippen molar-refractivity contribution in [2.24, 2.45) is 5.92 Å². The third kappa shape index (κ3) is 5.09. The minimum atomic E-state index is -2.88. The maximum atomic E-state index is 12.2. The van der Waals surface area contributed by atoms with Crippen molar-refractivity contribution in [2.45, 2.75) is 46.1 Å². The van der Waals surface area contributed by atoms with Crippen molar-refractivity contribution in [3.05, 3.63) is 0 Å². The molecule has 4 nitrogen and oxygen atoms in total. The van der Waals surface area contributed by atoms with Gasteiger partial charge in [-0.1, -0.05) is 0 Å². The Hall–Kier alpha value is 0.110. The van der Waals surface area contributed by atoms with E-state index >= 15 is 0 Å². The second-order valence-corrected chi connectivity index (χ2v) is 7.28. The van der Waals surface area contributed by atoms with Gasteiger partial charge in [0.15, 0.2) is 0 Å². The average Bonchev–Trinajstić information content (AvgIpc) is 3.00. The molecule has 0 aliphatic heterocycles. The van der Waals surface area contributed by atoms with Crippen LogP contribution in [0.3, 0.4) is 0 Å². The fourth-order valence-corrected chi connectivity index (χ4v) is 3.53. The number of nitrogens with one attached hydrogen (secondary N) is 1. The van der Waals surface area contributed by atoms with Gasteiger partial charge in [0.2, 0.25) is 0 Å². The van der Waals surface area contributed by atoms with Gasteiger partial charge < -0.3 is 14.4 Å². The van der Waals surface area contributed by atoms with Crippen molar-refractivity contribution in [3.63, 3.8) is 0 Å². The molecule has 0 radical (unpaired) electrons. The van der Waals surface area contributed by atoms with Crippen LogP contribution in [0.4, 0.5) is 0 Å². The van der Waals surface area contributed by atoms with Crippen LogP contribution in [0.1, 0.15) is 40.5 Å². The molecule has 0 saturated heterocycles. The summed E-state index contributed by atoms with van der Waals surface area (Å²) in [7, 11) is -2.88. The Morgan fingerprint density at radius 1 is 1.24 bits per heavy atom. The fourth-order valence-electron chi connectivity index (χ4n) is 2.02. The first kappa shape index (κ1) is 15.2. The molecule has 17 heavy (non-hydrogen) atoms. The molecular formula is C12H26NO3P. The predicted molar refractivity (Wildman–Crippen MR) is 70.5 cm³/mol. The molecule has 0 heterocycles. The number of rotatable bonds is 9. The molecule has 1 aliphatic carbocycles. The van der Waals surface area contributed by atoms with Crippen LogP contribution >= 0.6 is 7.60 Å². The van der Waals surface area contributed by atoms with Crippen molar-refractivity contribution in [3.8, 4) is 0 Å². The summed E-state index contributed by atoms with van der Waals surface area (Å²) in [6.07, 6.45) is 3.05. The topological polar surface area (TPSA) is 47.6 Å². The van der Waals surface area contributed by atoms with Crippen LogP contribution in [0.5, 0.6) is 0 Å². The molecular weight excluding hydrogens is 237 g/mol. The van der Waals surface area contributed by atoms with Crippen molar-refractivity contribution >= 4 is 7.60 Å². The molecule has 0 atom stereocenters. The van der Waals surface area contributed by atoms with Crippen LogP contribution in [0.2, 0.25) is 0 Å². The van der Waals surface area contributed by atoms with Gasteiger partial charge in [0, 0.05) is 12.1 Å². The predicted octanol–water partition coefficient (Wildman–Crippen LogP) is 3.03. The van der Waals surface area contributed by atoms with Crippen molar-refractivity contribution in [1.82, 2.24) is 5.32 Å². The van der Waals surface area contributed by atoms with E-state index in [2.05, 4.69) is 19.2 Å². The highest BCUT2D eigenvalue weighted by Gasteiger charge is 2.37. The van der Waals surface area contributed by atoms with Gasteiger partial charge >= 0.3 is 7.60 Å². The highest BCUT2D eigenvalue weighted by atomic mass is 31.2. The van der Waals surface area contributed by atoms with Crippen LogP contribution < -0.4 is 5.32 Å². The first-order chi connectivity index (χ1) is 7.93. The molecule has 0 amide bonds. The third-order valence-corrected chi connectivity index (χ3v) is 5.29. The minimum Gasteiger partial charge on any atom is -0.311 e. The smallest absolute Gasteiger partial charge is 0.311 e. The van der Waals surface area contributed by atoms with E-state index in [-0.39, 0.29) is 5.54 Å². The lowest BCUT2D eigenvalue weighted by atomic mass is 9.99. The second kappa shape index (κ2) is 6.33. The van der Waals surface area contributed by atoms with Gasteiger partial charge in [0.05, 0.1) is 19.4 Å². The molecule has 5 heteroatoms. The van der Waals surface area contributed by atoms with Gasteiger partial charge in [-0.15, -0.1) is 0 Å². The molecule has 0 aromatic carbocycles. The van der Waals surface area contributed by atoms with Gasteiger partial charge in [0.25, 0.3) is 0 Å². The van der Waals surface area contributed by atoms with Crippen LogP contribution in [0.15, 0.2) is 0 Å². The summed E-state index contributed by atoms with van der Waals surface area (Å²) in [6, 6.07) is 0. The van der Waals surface area contributed by atoms with E-state index in [4.69, 9.17) is 9.05 Å². The summed E-state index contributed by atoms with van der Waals surface area (Å²) in [5.41, 5.74) is 0.142. The van der Waals surface area contributed by atoms with E-state index in [1.54, 1.807) is 0 Å². The lowest BCUT2D eigenvalue weighted by Crippen LogP contribution is -2.42. The van der Waals surface area contributed by atoms with E-state index in [0.29, 0.717) is 25.9 Å². The Morgan fingerprint density at radius 3 is 2.18 bits per heavy atom. The molecule has 0 aromatic heterocycles. The average molecular weight is 263 g/mol. The third-order valence-electron chi connectivity index (χ3n) is 3.22. The molecule has 0 aromatic rings. The molecule has 0 unspecified atom stereocenters. The van der Waals surface area contributed by atoms with Gasteiger partial charge in [-0.2, -0.15) is 0 Å². The summed E-state index contributed by atoms with van der Waals surface area (Å²) in [5, 5.41) is 3.46.